The number of carbonyl (C=O) groups is 1. The Morgan fingerprint density at radius 1 is 1.17 bits per heavy atom. The molecular formula is C21H21F3N4O. The molecule has 1 amide bonds. The first-order valence-corrected chi connectivity index (χ1v) is 9.42. The zero-order chi connectivity index (χ0) is 20.9. The van der Waals surface area contributed by atoms with Crippen LogP contribution in [0.4, 0.5) is 19.0 Å². The molecule has 8 heteroatoms. The highest BCUT2D eigenvalue weighted by Crippen LogP contribution is 2.29. The van der Waals surface area contributed by atoms with Crippen molar-refractivity contribution in [3.63, 3.8) is 0 Å². The lowest BCUT2D eigenvalue weighted by molar-refractivity contribution is -0.137. The molecule has 1 aromatic carbocycles. The number of aromatic nitrogens is 1. The Balaban J connectivity index is 1.42. The number of carbonyl (C=O) groups excluding carboxylic acids is 1. The fourth-order valence-electron chi connectivity index (χ4n) is 3.34. The van der Waals surface area contributed by atoms with E-state index in [2.05, 4.69) is 15.2 Å². The van der Waals surface area contributed by atoms with Gasteiger partial charge >= 0.3 is 6.18 Å². The standard InChI is InChI=1S/C21H21F3N4O/c22-21(23,24)18-4-1-15(2-5-18)7-10-26-20(29)17-8-11-28(12-9-17)19-6-3-16(13-25)14-27-19/h1-6,14,17H,7-12H2,(H,26,29). The van der Waals surface area contributed by atoms with Crippen molar-refractivity contribution in [2.24, 2.45) is 5.92 Å². The second-order valence-electron chi connectivity index (χ2n) is 7.01. The molecule has 0 bridgehead atoms. The molecule has 0 aliphatic carbocycles. The molecule has 5 nitrogen and oxygen atoms in total. The summed E-state index contributed by atoms with van der Waals surface area (Å²) in [5.74, 6) is 0.687. The van der Waals surface area contributed by atoms with Crippen molar-refractivity contribution in [2.75, 3.05) is 24.5 Å². The van der Waals surface area contributed by atoms with Crippen LogP contribution in [-0.2, 0) is 17.4 Å². The van der Waals surface area contributed by atoms with Crippen LogP contribution in [0.2, 0.25) is 0 Å². The number of piperidine rings is 1. The summed E-state index contributed by atoms with van der Waals surface area (Å²) in [5.41, 5.74) is 0.588. The van der Waals surface area contributed by atoms with Crippen molar-refractivity contribution in [2.45, 2.75) is 25.4 Å². The van der Waals surface area contributed by atoms with Gasteiger partial charge in [-0.3, -0.25) is 4.79 Å². The summed E-state index contributed by atoms with van der Waals surface area (Å²) < 4.78 is 37.7. The van der Waals surface area contributed by atoms with Crippen LogP contribution < -0.4 is 10.2 Å². The Bertz CT molecular complexity index is 865. The van der Waals surface area contributed by atoms with Gasteiger partial charge < -0.3 is 10.2 Å². The number of nitrogens with one attached hydrogen (secondary N) is 1. The summed E-state index contributed by atoms with van der Waals surface area (Å²) >= 11 is 0. The molecule has 0 atom stereocenters. The highest BCUT2D eigenvalue weighted by molar-refractivity contribution is 5.79. The fourth-order valence-corrected chi connectivity index (χ4v) is 3.34. The van der Waals surface area contributed by atoms with Gasteiger partial charge in [0.05, 0.1) is 11.1 Å². The molecule has 1 N–H and O–H groups in total. The average molecular weight is 402 g/mol. The first-order chi connectivity index (χ1) is 13.9. The van der Waals surface area contributed by atoms with Crippen molar-refractivity contribution >= 4 is 11.7 Å². The summed E-state index contributed by atoms with van der Waals surface area (Å²) in [7, 11) is 0. The largest absolute Gasteiger partial charge is 0.416 e. The van der Waals surface area contributed by atoms with E-state index in [9.17, 15) is 18.0 Å². The van der Waals surface area contributed by atoms with Crippen molar-refractivity contribution in [3.05, 3.63) is 59.3 Å². The molecule has 1 aromatic heterocycles. The molecule has 1 fully saturated rings. The molecule has 2 aromatic rings. The van der Waals surface area contributed by atoms with E-state index in [1.807, 2.05) is 12.1 Å². The van der Waals surface area contributed by atoms with Gasteiger partial charge in [0.1, 0.15) is 11.9 Å². The first kappa shape index (κ1) is 20.6. The Hall–Kier alpha value is -3.08. The number of hydrogen-bond acceptors (Lipinski definition) is 4. The molecule has 1 aliphatic heterocycles. The highest BCUT2D eigenvalue weighted by atomic mass is 19.4. The number of benzene rings is 1. The number of alkyl halides is 3. The normalized spacial score (nSPS) is 15.0. The predicted octanol–water partition coefficient (Wildman–Crippen LogP) is 3.55. The second-order valence-corrected chi connectivity index (χ2v) is 7.01. The van der Waals surface area contributed by atoms with Crippen molar-refractivity contribution in [1.82, 2.24) is 10.3 Å². The smallest absolute Gasteiger partial charge is 0.357 e. The Kier molecular flexibility index (Phi) is 6.37. The number of nitrogens with zero attached hydrogens (tertiary/aromatic N) is 3. The van der Waals surface area contributed by atoms with Gasteiger partial charge in [-0.15, -0.1) is 0 Å². The minimum atomic E-state index is -4.34. The van der Waals surface area contributed by atoms with Crippen LogP contribution in [0.15, 0.2) is 42.6 Å². The summed E-state index contributed by atoms with van der Waals surface area (Å²) in [4.78, 5) is 18.7. The van der Waals surface area contributed by atoms with Gasteiger partial charge in [-0.05, 0) is 49.1 Å². The molecule has 0 spiro atoms. The maximum atomic E-state index is 12.6. The van der Waals surface area contributed by atoms with Crippen LogP contribution in [0, 0.1) is 17.2 Å². The SMILES string of the molecule is N#Cc1ccc(N2CCC(C(=O)NCCc3ccc(C(F)(F)F)cc3)CC2)nc1. The average Bonchev–Trinajstić information content (AvgIpc) is 2.73. The lowest BCUT2D eigenvalue weighted by atomic mass is 9.95. The summed E-state index contributed by atoms with van der Waals surface area (Å²) in [6, 6.07) is 10.6. The Morgan fingerprint density at radius 2 is 1.86 bits per heavy atom. The van der Waals surface area contributed by atoms with Gasteiger partial charge in [-0.1, -0.05) is 12.1 Å². The maximum Gasteiger partial charge on any atom is 0.416 e. The molecule has 0 unspecified atom stereocenters. The fraction of sp³-hybridized carbons (Fsp3) is 0.381. The number of rotatable bonds is 5. The number of hydrogen-bond donors (Lipinski definition) is 1. The molecule has 29 heavy (non-hydrogen) atoms. The van der Waals surface area contributed by atoms with Crippen LogP contribution in [0.5, 0.6) is 0 Å². The van der Waals surface area contributed by atoms with Gasteiger partial charge in [0, 0.05) is 31.7 Å². The van der Waals surface area contributed by atoms with Gasteiger partial charge in [0.25, 0.3) is 0 Å². The third kappa shape index (κ3) is 5.47. The quantitative estimate of drug-likeness (QED) is 0.831. The monoisotopic (exact) mass is 402 g/mol. The van der Waals surface area contributed by atoms with E-state index >= 15 is 0 Å². The van der Waals surface area contributed by atoms with Crippen molar-refractivity contribution < 1.29 is 18.0 Å². The minimum Gasteiger partial charge on any atom is -0.357 e. The predicted molar refractivity (Wildman–Crippen MR) is 102 cm³/mol. The lowest BCUT2D eigenvalue weighted by Gasteiger charge is -2.32. The maximum absolute atomic E-state index is 12.6. The molecule has 1 saturated heterocycles. The molecule has 0 saturated carbocycles. The molecule has 1 aliphatic rings. The number of amides is 1. The van der Waals surface area contributed by atoms with E-state index in [-0.39, 0.29) is 11.8 Å². The van der Waals surface area contributed by atoms with Crippen LogP contribution >= 0.6 is 0 Å². The van der Waals surface area contributed by atoms with Gasteiger partial charge in [-0.2, -0.15) is 18.4 Å². The second kappa shape index (κ2) is 8.95. The first-order valence-electron chi connectivity index (χ1n) is 9.42. The van der Waals surface area contributed by atoms with Gasteiger partial charge in [-0.25, -0.2) is 4.98 Å². The van der Waals surface area contributed by atoms with Crippen molar-refractivity contribution in [1.29, 1.82) is 5.26 Å². The molecule has 0 radical (unpaired) electrons. The Labute approximate surface area is 167 Å². The third-order valence-electron chi connectivity index (χ3n) is 5.06. The third-order valence-corrected chi connectivity index (χ3v) is 5.06. The summed E-state index contributed by atoms with van der Waals surface area (Å²) in [6.07, 6.45) is -0.913. The highest BCUT2D eigenvalue weighted by Gasteiger charge is 2.30. The van der Waals surface area contributed by atoms with Gasteiger partial charge in [0.15, 0.2) is 0 Å². The van der Waals surface area contributed by atoms with Crippen LogP contribution in [-0.4, -0.2) is 30.5 Å². The number of nitriles is 1. The summed E-state index contributed by atoms with van der Waals surface area (Å²) in [5, 5.41) is 11.7. The lowest BCUT2D eigenvalue weighted by Crippen LogP contribution is -2.41. The molecule has 152 valence electrons. The minimum absolute atomic E-state index is 0.0238. The van der Waals surface area contributed by atoms with Crippen LogP contribution in [0.3, 0.4) is 0 Å². The number of halogens is 3. The van der Waals surface area contributed by atoms with E-state index < -0.39 is 11.7 Å². The van der Waals surface area contributed by atoms with Crippen LogP contribution in [0.25, 0.3) is 0 Å². The Morgan fingerprint density at radius 3 is 2.41 bits per heavy atom. The molecule has 3 rings (SSSR count). The zero-order valence-corrected chi connectivity index (χ0v) is 15.7. The summed E-state index contributed by atoms with van der Waals surface area (Å²) in [6.45, 7) is 1.80. The topological polar surface area (TPSA) is 69.0 Å². The van der Waals surface area contributed by atoms with Gasteiger partial charge in [0.2, 0.25) is 5.91 Å². The van der Waals surface area contributed by atoms with E-state index in [1.165, 1.54) is 18.3 Å². The zero-order valence-electron chi connectivity index (χ0n) is 15.7. The number of pyridine rings is 1. The van der Waals surface area contributed by atoms with E-state index in [0.717, 1.165) is 23.5 Å². The van der Waals surface area contributed by atoms with E-state index in [0.29, 0.717) is 44.5 Å². The van der Waals surface area contributed by atoms with Crippen LogP contribution in [0.1, 0.15) is 29.5 Å². The molecule has 2 heterocycles. The number of anilines is 1. The van der Waals surface area contributed by atoms with E-state index in [4.69, 9.17) is 5.26 Å². The molecular weight excluding hydrogens is 381 g/mol. The van der Waals surface area contributed by atoms with Crippen molar-refractivity contribution in [3.8, 4) is 6.07 Å². The van der Waals surface area contributed by atoms with E-state index in [1.54, 1.807) is 6.07 Å².